The molecule has 1 N–H and O–H groups in total. The second kappa shape index (κ2) is 5.41. The molecule has 2 atom stereocenters. The first-order valence-electron chi connectivity index (χ1n) is 6.54. The van der Waals surface area contributed by atoms with E-state index in [2.05, 4.69) is 24.4 Å². The third-order valence-corrected chi connectivity index (χ3v) is 5.23. The summed E-state index contributed by atoms with van der Waals surface area (Å²) in [6, 6.07) is 8.12. The van der Waals surface area contributed by atoms with Crippen LogP contribution in [0.2, 0.25) is 0 Å². The summed E-state index contributed by atoms with van der Waals surface area (Å²) in [5.74, 6) is 0. The largest absolute Gasteiger partial charge is 0.309 e. The topological polar surface area (TPSA) is 46.2 Å². The minimum Gasteiger partial charge on any atom is -0.309 e. The second-order valence-electron chi connectivity index (χ2n) is 5.04. The van der Waals surface area contributed by atoms with Gasteiger partial charge in [-0.15, -0.1) is 0 Å². The van der Waals surface area contributed by atoms with Crippen molar-refractivity contribution < 1.29 is 8.42 Å². The Kier molecular flexibility index (Phi) is 4.07. The van der Waals surface area contributed by atoms with Gasteiger partial charge < -0.3 is 5.32 Å². The van der Waals surface area contributed by atoms with E-state index in [4.69, 9.17) is 0 Å². The van der Waals surface area contributed by atoms with E-state index in [0.717, 1.165) is 31.4 Å². The van der Waals surface area contributed by atoms with Crippen molar-refractivity contribution in [1.82, 2.24) is 5.32 Å². The van der Waals surface area contributed by atoms with E-state index in [1.807, 2.05) is 12.1 Å². The third kappa shape index (κ3) is 2.75. The van der Waals surface area contributed by atoms with Crippen LogP contribution in [0.15, 0.2) is 24.3 Å². The first kappa shape index (κ1) is 13.6. The molecule has 0 heterocycles. The van der Waals surface area contributed by atoms with E-state index in [1.54, 1.807) is 0 Å². The van der Waals surface area contributed by atoms with Crippen molar-refractivity contribution in [3.63, 3.8) is 0 Å². The number of aryl methyl sites for hydroxylation is 1. The molecule has 1 aliphatic rings. The second-order valence-corrected chi connectivity index (χ2v) is 7.30. The number of hydrogen-bond acceptors (Lipinski definition) is 3. The zero-order chi connectivity index (χ0) is 13.2. The SMILES string of the molecule is CCCNC1c2ccccc2CCC1S(C)(=O)=O. The first-order valence-corrected chi connectivity index (χ1v) is 8.49. The molecule has 100 valence electrons. The first-order chi connectivity index (χ1) is 8.54. The number of hydrogen-bond donors (Lipinski definition) is 1. The Hall–Kier alpha value is -0.870. The smallest absolute Gasteiger partial charge is 0.152 e. The summed E-state index contributed by atoms with van der Waals surface area (Å²) in [4.78, 5) is 0. The summed E-state index contributed by atoms with van der Waals surface area (Å²) >= 11 is 0. The van der Waals surface area contributed by atoms with Crippen molar-refractivity contribution in [3.8, 4) is 0 Å². The lowest BCUT2D eigenvalue weighted by atomic mass is 9.87. The van der Waals surface area contributed by atoms with Gasteiger partial charge in [-0.05, 0) is 36.9 Å². The van der Waals surface area contributed by atoms with Crippen LogP contribution < -0.4 is 5.32 Å². The van der Waals surface area contributed by atoms with Crippen LogP contribution >= 0.6 is 0 Å². The van der Waals surface area contributed by atoms with Crippen LogP contribution in [0.3, 0.4) is 0 Å². The van der Waals surface area contributed by atoms with E-state index in [0.29, 0.717) is 0 Å². The summed E-state index contributed by atoms with van der Waals surface area (Å²) in [5, 5.41) is 3.11. The molecule has 1 aromatic carbocycles. The fourth-order valence-corrected chi connectivity index (χ4v) is 4.02. The van der Waals surface area contributed by atoms with Crippen molar-refractivity contribution in [2.75, 3.05) is 12.8 Å². The summed E-state index contributed by atoms with van der Waals surface area (Å²) in [7, 11) is -3.01. The van der Waals surface area contributed by atoms with Gasteiger partial charge in [0.25, 0.3) is 0 Å². The minimum absolute atomic E-state index is 0.0510. The maximum Gasteiger partial charge on any atom is 0.152 e. The Morgan fingerprint density at radius 3 is 2.72 bits per heavy atom. The predicted octanol–water partition coefficient (Wildman–Crippen LogP) is 2.09. The molecule has 0 aliphatic heterocycles. The van der Waals surface area contributed by atoms with Crippen LogP contribution in [0.25, 0.3) is 0 Å². The molecule has 0 amide bonds. The fraction of sp³-hybridized carbons (Fsp3) is 0.571. The van der Waals surface area contributed by atoms with Crippen molar-refractivity contribution >= 4 is 9.84 Å². The van der Waals surface area contributed by atoms with Gasteiger partial charge >= 0.3 is 0 Å². The van der Waals surface area contributed by atoms with Gasteiger partial charge in [-0.2, -0.15) is 0 Å². The Labute approximate surface area is 110 Å². The number of benzene rings is 1. The number of fused-ring (bicyclic) bond motifs is 1. The molecular formula is C14H21NO2S. The van der Waals surface area contributed by atoms with Crippen LogP contribution in [-0.4, -0.2) is 26.5 Å². The zero-order valence-electron chi connectivity index (χ0n) is 11.0. The van der Waals surface area contributed by atoms with E-state index in [-0.39, 0.29) is 11.3 Å². The van der Waals surface area contributed by atoms with Crippen LogP contribution in [0.1, 0.15) is 36.9 Å². The highest BCUT2D eigenvalue weighted by Gasteiger charge is 2.35. The van der Waals surface area contributed by atoms with Crippen molar-refractivity contribution in [3.05, 3.63) is 35.4 Å². The maximum atomic E-state index is 11.9. The molecule has 3 nitrogen and oxygen atoms in total. The average molecular weight is 267 g/mol. The molecule has 2 rings (SSSR count). The summed E-state index contributed by atoms with van der Waals surface area (Å²) in [5.41, 5.74) is 2.44. The summed E-state index contributed by atoms with van der Waals surface area (Å²) in [6.07, 6.45) is 3.94. The molecule has 1 aliphatic carbocycles. The van der Waals surface area contributed by atoms with Crippen molar-refractivity contribution in [1.29, 1.82) is 0 Å². The zero-order valence-corrected chi connectivity index (χ0v) is 11.8. The lowest BCUT2D eigenvalue weighted by Gasteiger charge is -2.33. The van der Waals surface area contributed by atoms with Crippen molar-refractivity contribution in [2.24, 2.45) is 0 Å². The number of nitrogens with one attached hydrogen (secondary N) is 1. The molecule has 2 unspecified atom stereocenters. The summed E-state index contributed by atoms with van der Waals surface area (Å²) in [6.45, 7) is 2.95. The van der Waals surface area contributed by atoms with Crippen LogP contribution in [0, 0.1) is 0 Å². The van der Waals surface area contributed by atoms with Crippen LogP contribution in [0.4, 0.5) is 0 Å². The van der Waals surface area contributed by atoms with E-state index < -0.39 is 9.84 Å². The van der Waals surface area contributed by atoms with E-state index >= 15 is 0 Å². The highest BCUT2D eigenvalue weighted by Crippen LogP contribution is 2.33. The Bertz CT molecular complexity index is 510. The molecule has 0 fully saturated rings. The van der Waals surface area contributed by atoms with E-state index in [1.165, 1.54) is 11.8 Å². The molecule has 0 radical (unpaired) electrons. The molecule has 18 heavy (non-hydrogen) atoms. The molecule has 0 saturated heterocycles. The molecule has 4 heteroatoms. The number of rotatable bonds is 4. The molecule has 0 aromatic heterocycles. The minimum atomic E-state index is -3.01. The Balaban J connectivity index is 2.36. The molecule has 0 spiro atoms. The van der Waals surface area contributed by atoms with Crippen molar-refractivity contribution in [2.45, 2.75) is 37.5 Å². The lowest BCUT2D eigenvalue weighted by Crippen LogP contribution is -2.40. The lowest BCUT2D eigenvalue weighted by molar-refractivity contribution is 0.450. The van der Waals surface area contributed by atoms with Gasteiger partial charge in [0.1, 0.15) is 0 Å². The quantitative estimate of drug-likeness (QED) is 0.908. The van der Waals surface area contributed by atoms with Gasteiger partial charge in [0, 0.05) is 12.3 Å². The average Bonchev–Trinajstić information content (AvgIpc) is 2.34. The monoisotopic (exact) mass is 267 g/mol. The fourth-order valence-electron chi connectivity index (χ4n) is 2.73. The summed E-state index contributed by atoms with van der Waals surface area (Å²) < 4.78 is 23.9. The highest BCUT2D eigenvalue weighted by molar-refractivity contribution is 7.91. The van der Waals surface area contributed by atoms with Gasteiger partial charge in [-0.25, -0.2) is 8.42 Å². The van der Waals surface area contributed by atoms with E-state index in [9.17, 15) is 8.42 Å². The Morgan fingerprint density at radius 2 is 2.06 bits per heavy atom. The Morgan fingerprint density at radius 1 is 1.33 bits per heavy atom. The standard InChI is InChI=1S/C14H21NO2S/c1-3-10-15-14-12-7-5-4-6-11(12)8-9-13(14)18(2,16)17/h4-7,13-15H,3,8-10H2,1-2H3. The highest BCUT2D eigenvalue weighted by atomic mass is 32.2. The normalized spacial score (nSPS) is 23.7. The molecule has 0 bridgehead atoms. The van der Waals surface area contributed by atoms with Gasteiger partial charge in [0.2, 0.25) is 0 Å². The van der Waals surface area contributed by atoms with Gasteiger partial charge in [0.05, 0.1) is 5.25 Å². The maximum absolute atomic E-state index is 11.9. The van der Waals surface area contributed by atoms with Gasteiger partial charge in [-0.3, -0.25) is 0 Å². The van der Waals surface area contributed by atoms with Crippen LogP contribution in [0.5, 0.6) is 0 Å². The van der Waals surface area contributed by atoms with Gasteiger partial charge in [-0.1, -0.05) is 31.2 Å². The molecular weight excluding hydrogens is 246 g/mol. The molecule has 1 aromatic rings. The molecule has 0 saturated carbocycles. The predicted molar refractivity (Wildman–Crippen MR) is 74.4 cm³/mol. The number of sulfone groups is 1. The third-order valence-electron chi connectivity index (χ3n) is 3.62. The van der Waals surface area contributed by atoms with Crippen LogP contribution in [-0.2, 0) is 16.3 Å². The van der Waals surface area contributed by atoms with Gasteiger partial charge in [0.15, 0.2) is 9.84 Å².